The van der Waals surface area contributed by atoms with Crippen LogP contribution in [0, 0.1) is 6.92 Å². The molecule has 2 fully saturated rings. The number of ether oxygens (including phenoxy) is 2. The van der Waals surface area contributed by atoms with Crippen molar-refractivity contribution >= 4 is 29.4 Å². The van der Waals surface area contributed by atoms with Gasteiger partial charge in [-0.15, -0.1) is 0 Å². The Balaban J connectivity index is 1.46. The van der Waals surface area contributed by atoms with Gasteiger partial charge in [0.15, 0.2) is 41.2 Å². The number of imidazole rings is 1. The third-order valence-electron chi connectivity index (χ3n) is 7.40. The van der Waals surface area contributed by atoms with Crippen LogP contribution in [0.15, 0.2) is 10.9 Å². The van der Waals surface area contributed by atoms with E-state index in [1.54, 1.807) is 17.8 Å². The lowest BCUT2D eigenvalue weighted by Crippen LogP contribution is -2.34. The van der Waals surface area contributed by atoms with E-state index in [0.29, 0.717) is 35.3 Å². The van der Waals surface area contributed by atoms with Crippen LogP contribution in [0.2, 0.25) is 0 Å². The molecule has 0 unspecified atom stereocenters. The van der Waals surface area contributed by atoms with Gasteiger partial charge in [0.05, 0.1) is 6.33 Å². The SMILES string of the molecule is CCC(CC)Nc1nc(NCCN2CCCCC2)nc2c1ncn2[C@@H]1O[C@H](c2nc(C)no2)[C@@H](O)[C@H]1OC=O. The van der Waals surface area contributed by atoms with Gasteiger partial charge in [-0.1, -0.05) is 25.4 Å². The maximum atomic E-state index is 11.4. The molecule has 0 saturated carbocycles. The Kier molecular flexibility index (Phi) is 8.53. The van der Waals surface area contributed by atoms with E-state index in [4.69, 9.17) is 24.0 Å². The molecular formula is C25H37N9O5. The number of nitrogens with one attached hydrogen (secondary N) is 2. The Labute approximate surface area is 226 Å². The molecular weight excluding hydrogens is 506 g/mol. The summed E-state index contributed by atoms with van der Waals surface area (Å²) >= 11 is 0. The van der Waals surface area contributed by atoms with E-state index in [2.05, 4.69) is 44.5 Å². The van der Waals surface area contributed by atoms with Crippen molar-refractivity contribution in [2.24, 2.45) is 0 Å². The van der Waals surface area contributed by atoms with Gasteiger partial charge < -0.3 is 34.6 Å². The highest BCUT2D eigenvalue weighted by molar-refractivity contribution is 5.84. The summed E-state index contributed by atoms with van der Waals surface area (Å²) in [6, 6.07) is 0.204. The predicted molar refractivity (Wildman–Crippen MR) is 141 cm³/mol. The molecule has 212 valence electrons. The van der Waals surface area contributed by atoms with Gasteiger partial charge >= 0.3 is 0 Å². The number of aromatic nitrogens is 6. The number of anilines is 2. The minimum Gasteiger partial charge on any atom is -0.457 e. The van der Waals surface area contributed by atoms with Crippen molar-refractivity contribution in [1.82, 2.24) is 34.6 Å². The standard InChI is InChI=1S/C25H37N9O5/c1-4-16(5-2)29-21-17-22(31-25(30-21)26-9-12-33-10-7-6-8-11-33)34(13-27-17)24-20(37-14-35)18(36)19(38-24)23-28-15(3)32-39-23/h13-14,16,18-20,24,36H,4-12H2,1-3H3,(H2,26,29,30,31)/t18-,19+,20-,24-/m1/s1. The Hall–Kier alpha value is -3.36. The van der Waals surface area contributed by atoms with Crippen LogP contribution in [0.1, 0.15) is 70.0 Å². The largest absolute Gasteiger partial charge is 0.457 e. The van der Waals surface area contributed by atoms with Gasteiger partial charge in [0.2, 0.25) is 5.95 Å². The zero-order chi connectivity index (χ0) is 27.4. The van der Waals surface area contributed by atoms with Crippen LogP contribution in [-0.4, -0.2) is 90.6 Å². The van der Waals surface area contributed by atoms with Crippen LogP contribution in [0.4, 0.5) is 11.8 Å². The molecule has 0 amide bonds. The van der Waals surface area contributed by atoms with Crippen molar-refractivity contribution in [2.75, 3.05) is 36.8 Å². The molecule has 5 rings (SSSR count). The fourth-order valence-electron chi connectivity index (χ4n) is 5.20. The van der Waals surface area contributed by atoms with E-state index in [9.17, 15) is 9.90 Å². The van der Waals surface area contributed by atoms with Crippen molar-refractivity contribution in [2.45, 2.75) is 83.5 Å². The molecule has 3 N–H and O–H groups in total. The topological polar surface area (TPSA) is 166 Å². The molecule has 0 aliphatic carbocycles. The van der Waals surface area contributed by atoms with Crippen LogP contribution in [0.25, 0.3) is 11.2 Å². The molecule has 2 saturated heterocycles. The van der Waals surface area contributed by atoms with Crippen molar-refractivity contribution < 1.29 is 23.9 Å². The lowest BCUT2D eigenvalue weighted by atomic mass is 10.1. The van der Waals surface area contributed by atoms with Crippen LogP contribution in [0.3, 0.4) is 0 Å². The number of carbonyl (C=O) groups excluding carboxylic acids is 1. The number of piperidine rings is 1. The number of aliphatic hydroxyl groups is 1. The number of likely N-dealkylation sites (tertiary alicyclic amines) is 1. The number of aliphatic hydroxyl groups excluding tert-OH is 1. The second kappa shape index (κ2) is 12.2. The molecule has 0 spiro atoms. The van der Waals surface area contributed by atoms with E-state index in [-0.39, 0.29) is 18.4 Å². The van der Waals surface area contributed by atoms with Crippen molar-refractivity contribution in [1.29, 1.82) is 0 Å². The van der Waals surface area contributed by atoms with E-state index in [1.165, 1.54) is 19.3 Å². The van der Waals surface area contributed by atoms with Gasteiger partial charge in [-0.2, -0.15) is 15.0 Å². The highest BCUT2D eigenvalue weighted by Crippen LogP contribution is 2.41. The molecule has 14 heteroatoms. The normalized spacial score (nSPS) is 23.9. The summed E-state index contributed by atoms with van der Waals surface area (Å²) in [5, 5.41) is 21.6. The molecule has 2 aliphatic heterocycles. The Morgan fingerprint density at radius 1 is 1.21 bits per heavy atom. The zero-order valence-corrected chi connectivity index (χ0v) is 22.6. The third-order valence-corrected chi connectivity index (χ3v) is 7.40. The van der Waals surface area contributed by atoms with Crippen LogP contribution in [0.5, 0.6) is 0 Å². The molecule has 3 aromatic heterocycles. The summed E-state index contributed by atoms with van der Waals surface area (Å²) in [6.45, 7) is 9.99. The Morgan fingerprint density at radius 2 is 2.00 bits per heavy atom. The lowest BCUT2D eigenvalue weighted by Gasteiger charge is -2.26. The molecule has 3 aromatic rings. The first-order valence-corrected chi connectivity index (χ1v) is 13.7. The van der Waals surface area contributed by atoms with E-state index in [1.807, 2.05) is 0 Å². The van der Waals surface area contributed by atoms with Crippen LogP contribution in [-0.2, 0) is 14.3 Å². The third kappa shape index (κ3) is 5.82. The first-order chi connectivity index (χ1) is 19.0. The second-order valence-electron chi connectivity index (χ2n) is 10.0. The summed E-state index contributed by atoms with van der Waals surface area (Å²) in [6.07, 6.45) is 2.89. The minimum absolute atomic E-state index is 0.0946. The second-order valence-corrected chi connectivity index (χ2v) is 10.0. The fourth-order valence-corrected chi connectivity index (χ4v) is 5.20. The quantitative estimate of drug-likeness (QED) is 0.285. The van der Waals surface area contributed by atoms with E-state index in [0.717, 1.165) is 32.5 Å². The smallest absolute Gasteiger partial charge is 0.293 e. The number of hydrogen-bond acceptors (Lipinski definition) is 13. The molecule has 0 radical (unpaired) electrons. The summed E-state index contributed by atoms with van der Waals surface area (Å²) < 4.78 is 18.3. The summed E-state index contributed by atoms with van der Waals surface area (Å²) in [7, 11) is 0. The average Bonchev–Trinajstić information content (AvgIpc) is 3.65. The minimum atomic E-state index is -1.25. The van der Waals surface area contributed by atoms with Gasteiger partial charge in [0.1, 0.15) is 6.10 Å². The summed E-state index contributed by atoms with van der Waals surface area (Å²) in [4.78, 5) is 32.1. The average molecular weight is 544 g/mol. The number of aryl methyl sites for hydroxylation is 1. The van der Waals surface area contributed by atoms with Crippen molar-refractivity contribution in [3.8, 4) is 0 Å². The number of fused-ring (bicyclic) bond motifs is 1. The molecule has 2 aliphatic rings. The van der Waals surface area contributed by atoms with E-state index < -0.39 is 24.5 Å². The van der Waals surface area contributed by atoms with Crippen molar-refractivity contribution in [3.63, 3.8) is 0 Å². The number of carbonyl (C=O) groups is 1. The summed E-state index contributed by atoms with van der Waals surface area (Å²) in [5.41, 5.74) is 1.02. The highest BCUT2D eigenvalue weighted by Gasteiger charge is 2.50. The molecule has 5 heterocycles. The van der Waals surface area contributed by atoms with E-state index >= 15 is 0 Å². The molecule has 39 heavy (non-hydrogen) atoms. The molecule has 4 atom stereocenters. The zero-order valence-electron chi connectivity index (χ0n) is 22.6. The number of nitrogens with zero attached hydrogens (tertiary/aromatic N) is 7. The predicted octanol–water partition coefficient (Wildman–Crippen LogP) is 2.19. The van der Waals surface area contributed by atoms with Crippen LogP contribution < -0.4 is 10.6 Å². The molecule has 0 bridgehead atoms. The summed E-state index contributed by atoms with van der Waals surface area (Å²) in [5.74, 6) is 1.54. The van der Waals surface area contributed by atoms with Crippen molar-refractivity contribution in [3.05, 3.63) is 18.0 Å². The van der Waals surface area contributed by atoms with Gasteiger partial charge in [-0.3, -0.25) is 9.36 Å². The molecule has 14 nitrogen and oxygen atoms in total. The van der Waals surface area contributed by atoms with Gasteiger partial charge in [0, 0.05) is 19.1 Å². The maximum Gasteiger partial charge on any atom is 0.293 e. The number of hydrogen-bond donors (Lipinski definition) is 3. The highest BCUT2D eigenvalue weighted by atomic mass is 16.6. The Morgan fingerprint density at radius 3 is 2.69 bits per heavy atom. The molecule has 0 aromatic carbocycles. The maximum absolute atomic E-state index is 11.4. The number of rotatable bonds is 12. The lowest BCUT2D eigenvalue weighted by molar-refractivity contribution is -0.142. The van der Waals surface area contributed by atoms with Gasteiger partial charge in [-0.25, -0.2) is 4.98 Å². The van der Waals surface area contributed by atoms with Crippen LogP contribution >= 0.6 is 0 Å². The Bertz CT molecular complexity index is 1240. The van der Waals surface area contributed by atoms with Gasteiger partial charge in [-0.05, 0) is 45.7 Å². The monoisotopic (exact) mass is 543 g/mol. The fraction of sp³-hybridized carbons (Fsp3) is 0.680. The first kappa shape index (κ1) is 27.2. The first-order valence-electron chi connectivity index (χ1n) is 13.7. The van der Waals surface area contributed by atoms with Gasteiger partial charge in [0.25, 0.3) is 12.4 Å².